The molecule has 0 aliphatic carbocycles. The van der Waals surface area contributed by atoms with E-state index in [0.29, 0.717) is 12.5 Å². The van der Waals surface area contributed by atoms with Crippen LogP contribution in [0.4, 0.5) is 11.5 Å². The van der Waals surface area contributed by atoms with E-state index in [1.54, 1.807) is 0 Å². The van der Waals surface area contributed by atoms with Gasteiger partial charge in [-0.15, -0.1) is 0 Å². The fourth-order valence-electron chi connectivity index (χ4n) is 2.39. The van der Waals surface area contributed by atoms with E-state index in [2.05, 4.69) is 23.8 Å². The molecule has 0 aliphatic rings. The van der Waals surface area contributed by atoms with Crippen molar-refractivity contribution in [1.29, 1.82) is 0 Å². The van der Waals surface area contributed by atoms with E-state index in [0.717, 1.165) is 27.8 Å². The predicted molar refractivity (Wildman–Crippen MR) is 85.3 cm³/mol. The normalized spacial score (nSPS) is 11.1. The molecule has 2 N–H and O–H groups in total. The summed E-state index contributed by atoms with van der Waals surface area (Å²) in [6, 6.07) is 7.84. The monoisotopic (exact) mass is 292 g/mol. The molecule has 5 heteroatoms. The second-order valence-corrected chi connectivity index (χ2v) is 5.76. The number of benzene rings is 1. The second kappa shape index (κ2) is 5.75. The lowest BCUT2D eigenvalue weighted by Gasteiger charge is -2.20. The Labute approximate surface area is 125 Å². The molecular weight excluding hydrogens is 272 g/mol. The van der Waals surface area contributed by atoms with Crippen LogP contribution < -0.4 is 10.6 Å². The summed E-state index contributed by atoms with van der Waals surface area (Å²) in [4.78, 5) is 2.08. The van der Waals surface area contributed by atoms with Gasteiger partial charge in [0, 0.05) is 25.7 Å². The fourth-order valence-corrected chi connectivity index (χ4v) is 2.58. The summed E-state index contributed by atoms with van der Waals surface area (Å²) in [6.07, 6.45) is 0. The summed E-state index contributed by atoms with van der Waals surface area (Å²) in [7, 11) is 3.92. The molecule has 1 heterocycles. The lowest BCUT2D eigenvalue weighted by Crippen LogP contribution is -2.20. The Kier molecular flexibility index (Phi) is 4.23. The van der Waals surface area contributed by atoms with E-state index < -0.39 is 0 Å². The SMILES string of the molecule is CC(C)c1nn(C)c(N(C)Cc2ccccc2Cl)c1N. The largest absolute Gasteiger partial charge is 0.394 e. The van der Waals surface area contributed by atoms with E-state index in [4.69, 9.17) is 17.3 Å². The molecule has 20 heavy (non-hydrogen) atoms. The zero-order chi connectivity index (χ0) is 14.9. The van der Waals surface area contributed by atoms with Crippen molar-refractivity contribution in [1.82, 2.24) is 9.78 Å². The molecule has 1 aromatic heterocycles. The zero-order valence-corrected chi connectivity index (χ0v) is 13.1. The average molecular weight is 293 g/mol. The predicted octanol–water partition coefficient (Wildman–Crippen LogP) is 3.42. The van der Waals surface area contributed by atoms with Gasteiger partial charge >= 0.3 is 0 Å². The molecule has 0 unspecified atom stereocenters. The number of nitrogens with two attached hydrogens (primary N) is 1. The van der Waals surface area contributed by atoms with Gasteiger partial charge in [-0.1, -0.05) is 43.6 Å². The van der Waals surface area contributed by atoms with Gasteiger partial charge in [0.1, 0.15) is 5.82 Å². The van der Waals surface area contributed by atoms with Crippen molar-refractivity contribution in [2.45, 2.75) is 26.3 Å². The lowest BCUT2D eigenvalue weighted by molar-refractivity contribution is 0.698. The van der Waals surface area contributed by atoms with E-state index in [9.17, 15) is 0 Å². The third-order valence-corrected chi connectivity index (χ3v) is 3.72. The summed E-state index contributed by atoms with van der Waals surface area (Å²) < 4.78 is 1.83. The van der Waals surface area contributed by atoms with Crippen molar-refractivity contribution in [3.8, 4) is 0 Å². The van der Waals surface area contributed by atoms with Crippen molar-refractivity contribution in [2.75, 3.05) is 17.7 Å². The molecule has 0 atom stereocenters. The fraction of sp³-hybridized carbons (Fsp3) is 0.400. The molecule has 108 valence electrons. The average Bonchev–Trinajstić information content (AvgIpc) is 2.68. The van der Waals surface area contributed by atoms with Crippen molar-refractivity contribution < 1.29 is 0 Å². The smallest absolute Gasteiger partial charge is 0.150 e. The van der Waals surface area contributed by atoms with Gasteiger partial charge in [0.15, 0.2) is 0 Å². The number of hydrogen-bond acceptors (Lipinski definition) is 3. The van der Waals surface area contributed by atoms with Crippen LogP contribution in [-0.4, -0.2) is 16.8 Å². The van der Waals surface area contributed by atoms with Crippen LogP contribution in [0, 0.1) is 0 Å². The Balaban J connectivity index is 2.30. The molecule has 0 amide bonds. The Morgan fingerprint density at radius 2 is 2.00 bits per heavy atom. The maximum atomic E-state index is 6.24. The van der Waals surface area contributed by atoms with Crippen LogP contribution in [0.2, 0.25) is 5.02 Å². The Morgan fingerprint density at radius 3 is 2.55 bits per heavy atom. The molecule has 2 aromatic rings. The lowest BCUT2D eigenvalue weighted by atomic mass is 10.1. The first-order valence-electron chi connectivity index (χ1n) is 6.68. The molecule has 0 saturated carbocycles. The molecule has 0 fully saturated rings. The standard InChI is InChI=1S/C15H21ClN4/c1-10(2)14-13(17)15(20(4)18-14)19(3)9-11-7-5-6-8-12(11)16/h5-8,10H,9,17H2,1-4H3. The van der Waals surface area contributed by atoms with Gasteiger partial charge in [0.05, 0.1) is 11.4 Å². The highest BCUT2D eigenvalue weighted by atomic mass is 35.5. The Hall–Kier alpha value is -1.68. The molecule has 0 radical (unpaired) electrons. The number of aromatic nitrogens is 2. The van der Waals surface area contributed by atoms with Crippen LogP contribution in [0.1, 0.15) is 31.0 Å². The number of rotatable bonds is 4. The van der Waals surface area contributed by atoms with Gasteiger partial charge in [0.2, 0.25) is 0 Å². The Morgan fingerprint density at radius 1 is 1.35 bits per heavy atom. The van der Waals surface area contributed by atoms with Gasteiger partial charge in [0.25, 0.3) is 0 Å². The van der Waals surface area contributed by atoms with Crippen molar-refractivity contribution in [3.63, 3.8) is 0 Å². The third kappa shape index (κ3) is 2.75. The molecule has 2 rings (SSSR count). The number of anilines is 2. The topological polar surface area (TPSA) is 47.1 Å². The highest BCUT2D eigenvalue weighted by molar-refractivity contribution is 6.31. The molecular formula is C15H21ClN4. The number of nitrogens with zero attached hydrogens (tertiary/aromatic N) is 3. The van der Waals surface area contributed by atoms with Crippen LogP contribution in [0.5, 0.6) is 0 Å². The minimum Gasteiger partial charge on any atom is -0.394 e. The third-order valence-electron chi connectivity index (χ3n) is 3.35. The minimum absolute atomic E-state index is 0.309. The van der Waals surface area contributed by atoms with Crippen LogP contribution in [0.25, 0.3) is 0 Å². The number of halogens is 1. The first-order chi connectivity index (χ1) is 9.41. The summed E-state index contributed by atoms with van der Waals surface area (Å²) in [5.41, 5.74) is 9.00. The minimum atomic E-state index is 0.309. The maximum absolute atomic E-state index is 6.24. The molecule has 0 saturated heterocycles. The van der Waals surface area contributed by atoms with Crippen LogP contribution in [0.3, 0.4) is 0 Å². The zero-order valence-electron chi connectivity index (χ0n) is 12.4. The van der Waals surface area contributed by atoms with E-state index in [1.165, 1.54) is 0 Å². The summed E-state index contributed by atoms with van der Waals surface area (Å²) in [6.45, 7) is 4.88. The first-order valence-corrected chi connectivity index (χ1v) is 7.06. The van der Waals surface area contributed by atoms with Gasteiger partial charge in [-0.25, -0.2) is 0 Å². The van der Waals surface area contributed by atoms with Gasteiger partial charge in [-0.05, 0) is 17.5 Å². The van der Waals surface area contributed by atoms with Crippen molar-refractivity contribution in [3.05, 3.63) is 40.5 Å². The molecule has 4 nitrogen and oxygen atoms in total. The number of nitrogen functional groups attached to an aromatic ring is 1. The van der Waals surface area contributed by atoms with Crippen molar-refractivity contribution in [2.24, 2.45) is 7.05 Å². The molecule has 0 spiro atoms. The second-order valence-electron chi connectivity index (χ2n) is 5.35. The Bertz CT molecular complexity index is 604. The molecule has 1 aromatic carbocycles. The summed E-state index contributed by atoms with van der Waals surface area (Å²) >= 11 is 6.21. The van der Waals surface area contributed by atoms with Crippen LogP contribution in [0.15, 0.2) is 24.3 Å². The van der Waals surface area contributed by atoms with E-state index >= 15 is 0 Å². The van der Waals surface area contributed by atoms with E-state index in [-0.39, 0.29) is 0 Å². The van der Waals surface area contributed by atoms with Gasteiger partial charge in [-0.2, -0.15) is 5.10 Å². The highest BCUT2D eigenvalue weighted by Crippen LogP contribution is 2.31. The quantitative estimate of drug-likeness (QED) is 0.939. The molecule has 0 aliphatic heterocycles. The summed E-state index contributed by atoms with van der Waals surface area (Å²) in [5.74, 6) is 1.23. The maximum Gasteiger partial charge on any atom is 0.150 e. The number of aryl methyl sites for hydroxylation is 1. The van der Waals surface area contributed by atoms with Gasteiger partial charge < -0.3 is 10.6 Å². The van der Waals surface area contributed by atoms with Crippen LogP contribution >= 0.6 is 11.6 Å². The van der Waals surface area contributed by atoms with E-state index in [1.807, 2.05) is 43.0 Å². The first kappa shape index (κ1) is 14.7. The number of hydrogen-bond donors (Lipinski definition) is 1. The van der Waals surface area contributed by atoms with Gasteiger partial charge in [-0.3, -0.25) is 4.68 Å². The highest BCUT2D eigenvalue weighted by Gasteiger charge is 2.19. The van der Waals surface area contributed by atoms with Crippen molar-refractivity contribution >= 4 is 23.1 Å². The summed E-state index contributed by atoms with van der Waals surface area (Å²) in [5, 5.41) is 5.28. The van der Waals surface area contributed by atoms with Crippen LogP contribution in [-0.2, 0) is 13.6 Å². The molecule has 0 bridgehead atoms.